The normalized spacial score (nSPS) is 12.9. The number of hydrogen-bond donors (Lipinski definition) is 1. The lowest BCUT2D eigenvalue weighted by Gasteiger charge is -2.08. The van der Waals surface area contributed by atoms with E-state index in [9.17, 15) is 0 Å². The third-order valence-electron chi connectivity index (χ3n) is 2.41. The molecule has 0 fully saturated rings. The SMILES string of the molecule is COC(CN)Cc1nc(-c2ccn(C)n2)no1. The summed E-state index contributed by atoms with van der Waals surface area (Å²) >= 11 is 0. The van der Waals surface area contributed by atoms with Gasteiger partial charge in [0, 0.05) is 26.9 Å². The van der Waals surface area contributed by atoms with Gasteiger partial charge < -0.3 is 15.0 Å². The third-order valence-corrected chi connectivity index (χ3v) is 2.41. The first-order valence-corrected chi connectivity index (χ1v) is 5.28. The Hall–Kier alpha value is -1.73. The third kappa shape index (κ3) is 2.69. The van der Waals surface area contributed by atoms with Crippen molar-refractivity contribution in [3.05, 3.63) is 18.2 Å². The predicted molar refractivity (Wildman–Crippen MR) is 60.1 cm³/mol. The molecule has 2 aromatic heterocycles. The van der Waals surface area contributed by atoms with Gasteiger partial charge in [0.1, 0.15) is 5.69 Å². The Bertz CT molecular complexity index is 475. The van der Waals surface area contributed by atoms with Crippen LogP contribution in [0, 0.1) is 0 Å². The van der Waals surface area contributed by atoms with E-state index < -0.39 is 0 Å². The molecule has 17 heavy (non-hydrogen) atoms. The van der Waals surface area contributed by atoms with Crippen molar-refractivity contribution in [2.75, 3.05) is 13.7 Å². The van der Waals surface area contributed by atoms with Gasteiger partial charge in [0.05, 0.1) is 12.5 Å². The zero-order chi connectivity index (χ0) is 12.3. The van der Waals surface area contributed by atoms with Crippen molar-refractivity contribution in [2.45, 2.75) is 12.5 Å². The minimum absolute atomic E-state index is 0.105. The van der Waals surface area contributed by atoms with E-state index in [0.29, 0.717) is 30.4 Å². The maximum absolute atomic E-state index is 5.52. The van der Waals surface area contributed by atoms with E-state index in [1.165, 1.54) is 0 Å². The van der Waals surface area contributed by atoms with Crippen molar-refractivity contribution in [2.24, 2.45) is 12.8 Å². The van der Waals surface area contributed by atoms with E-state index in [0.717, 1.165) is 0 Å². The Morgan fingerprint density at radius 1 is 1.59 bits per heavy atom. The largest absolute Gasteiger partial charge is 0.380 e. The molecule has 0 saturated heterocycles. The molecule has 0 aliphatic carbocycles. The molecule has 0 aromatic carbocycles. The highest BCUT2D eigenvalue weighted by Gasteiger charge is 2.14. The number of aryl methyl sites for hydroxylation is 1. The van der Waals surface area contributed by atoms with E-state index in [1.807, 2.05) is 19.3 Å². The minimum atomic E-state index is -0.105. The zero-order valence-electron chi connectivity index (χ0n) is 9.83. The number of nitrogens with zero attached hydrogens (tertiary/aromatic N) is 4. The van der Waals surface area contributed by atoms with Crippen LogP contribution in [0.3, 0.4) is 0 Å². The second kappa shape index (κ2) is 5.07. The Morgan fingerprint density at radius 3 is 3.00 bits per heavy atom. The summed E-state index contributed by atoms with van der Waals surface area (Å²) < 4.78 is 12.0. The molecular formula is C10H15N5O2. The van der Waals surface area contributed by atoms with Gasteiger partial charge in [0.25, 0.3) is 0 Å². The molecule has 1 atom stereocenters. The van der Waals surface area contributed by atoms with Crippen LogP contribution in [-0.4, -0.2) is 39.7 Å². The van der Waals surface area contributed by atoms with Crippen LogP contribution in [0.15, 0.2) is 16.8 Å². The lowest BCUT2D eigenvalue weighted by atomic mass is 10.2. The van der Waals surface area contributed by atoms with Gasteiger partial charge in [-0.2, -0.15) is 10.1 Å². The maximum Gasteiger partial charge on any atom is 0.229 e. The summed E-state index contributed by atoms with van der Waals surface area (Å²) in [6, 6.07) is 1.82. The standard InChI is InChI=1S/C10H15N5O2/c1-15-4-3-8(13-15)10-12-9(17-14-10)5-7(6-11)16-2/h3-4,7H,5-6,11H2,1-2H3. The number of ether oxygens (including phenoxy) is 1. The molecule has 7 nitrogen and oxygen atoms in total. The van der Waals surface area contributed by atoms with Gasteiger partial charge in [-0.15, -0.1) is 0 Å². The Kier molecular flexibility index (Phi) is 3.50. The van der Waals surface area contributed by atoms with Gasteiger partial charge in [-0.05, 0) is 6.07 Å². The summed E-state index contributed by atoms with van der Waals surface area (Å²) in [5.74, 6) is 0.982. The average molecular weight is 237 g/mol. The highest BCUT2D eigenvalue weighted by molar-refractivity contribution is 5.46. The molecule has 0 saturated carbocycles. The molecule has 2 N–H and O–H groups in total. The van der Waals surface area contributed by atoms with Crippen molar-refractivity contribution in [3.8, 4) is 11.5 Å². The van der Waals surface area contributed by atoms with Crippen LogP contribution in [0.2, 0.25) is 0 Å². The van der Waals surface area contributed by atoms with Gasteiger partial charge in [-0.25, -0.2) is 0 Å². The zero-order valence-corrected chi connectivity index (χ0v) is 9.83. The van der Waals surface area contributed by atoms with Gasteiger partial charge in [-0.1, -0.05) is 5.16 Å². The Labute approximate surface area is 98.6 Å². The minimum Gasteiger partial charge on any atom is -0.380 e. The second-order valence-corrected chi connectivity index (χ2v) is 3.68. The summed E-state index contributed by atoms with van der Waals surface area (Å²) in [6.07, 6.45) is 2.22. The van der Waals surface area contributed by atoms with Crippen LogP contribution in [0.4, 0.5) is 0 Å². The molecule has 2 rings (SSSR count). The van der Waals surface area contributed by atoms with Gasteiger partial charge in [0.2, 0.25) is 11.7 Å². The number of rotatable bonds is 5. The fraction of sp³-hybridized carbons (Fsp3) is 0.500. The lowest BCUT2D eigenvalue weighted by Crippen LogP contribution is -2.24. The molecule has 1 unspecified atom stereocenters. The highest BCUT2D eigenvalue weighted by atomic mass is 16.5. The van der Waals surface area contributed by atoms with E-state index in [2.05, 4.69) is 15.2 Å². The van der Waals surface area contributed by atoms with Gasteiger partial charge in [-0.3, -0.25) is 4.68 Å². The first-order valence-electron chi connectivity index (χ1n) is 5.28. The molecule has 0 bridgehead atoms. The fourth-order valence-electron chi connectivity index (χ4n) is 1.43. The first-order chi connectivity index (χ1) is 8.22. The van der Waals surface area contributed by atoms with Crippen LogP contribution in [0.25, 0.3) is 11.5 Å². The lowest BCUT2D eigenvalue weighted by molar-refractivity contribution is 0.102. The number of aromatic nitrogens is 4. The van der Waals surface area contributed by atoms with E-state index >= 15 is 0 Å². The average Bonchev–Trinajstić information content (AvgIpc) is 2.94. The molecule has 0 radical (unpaired) electrons. The molecule has 92 valence electrons. The summed E-state index contributed by atoms with van der Waals surface area (Å²) in [5.41, 5.74) is 6.21. The Balaban J connectivity index is 2.10. The first kappa shape index (κ1) is 11.7. The molecule has 0 spiro atoms. The Morgan fingerprint density at radius 2 is 2.41 bits per heavy atom. The van der Waals surface area contributed by atoms with Crippen LogP contribution >= 0.6 is 0 Å². The van der Waals surface area contributed by atoms with Crippen LogP contribution in [0.5, 0.6) is 0 Å². The molecule has 2 heterocycles. The van der Waals surface area contributed by atoms with Crippen LogP contribution in [-0.2, 0) is 18.2 Å². The van der Waals surface area contributed by atoms with Crippen LogP contribution in [0.1, 0.15) is 5.89 Å². The topological polar surface area (TPSA) is 92.0 Å². The maximum atomic E-state index is 5.52. The number of nitrogens with two attached hydrogens (primary N) is 1. The monoisotopic (exact) mass is 237 g/mol. The smallest absolute Gasteiger partial charge is 0.229 e. The molecule has 0 amide bonds. The summed E-state index contributed by atoms with van der Waals surface area (Å²) in [4.78, 5) is 4.24. The van der Waals surface area contributed by atoms with Crippen LogP contribution < -0.4 is 5.73 Å². The summed E-state index contributed by atoms with van der Waals surface area (Å²) in [5, 5.41) is 8.05. The van der Waals surface area contributed by atoms with Crippen molar-refractivity contribution < 1.29 is 9.26 Å². The number of methoxy groups -OCH3 is 1. The molecular weight excluding hydrogens is 222 g/mol. The highest BCUT2D eigenvalue weighted by Crippen LogP contribution is 2.13. The summed E-state index contributed by atoms with van der Waals surface area (Å²) in [6.45, 7) is 0.414. The van der Waals surface area contributed by atoms with Crippen molar-refractivity contribution in [1.82, 2.24) is 19.9 Å². The predicted octanol–water partition coefficient (Wildman–Crippen LogP) is -0.0137. The van der Waals surface area contributed by atoms with E-state index in [4.69, 9.17) is 15.0 Å². The second-order valence-electron chi connectivity index (χ2n) is 3.68. The van der Waals surface area contributed by atoms with Gasteiger partial charge >= 0.3 is 0 Å². The van der Waals surface area contributed by atoms with Crippen molar-refractivity contribution >= 4 is 0 Å². The molecule has 7 heteroatoms. The fourth-order valence-corrected chi connectivity index (χ4v) is 1.43. The van der Waals surface area contributed by atoms with E-state index in [-0.39, 0.29) is 6.10 Å². The van der Waals surface area contributed by atoms with Crippen molar-refractivity contribution in [3.63, 3.8) is 0 Å². The quantitative estimate of drug-likeness (QED) is 0.786. The number of hydrogen-bond acceptors (Lipinski definition) is 6. The summed E-state index contributed by atoms with van der Waals surface area (Å²) in [7, 11) is 3.44. The molecule has 0 aliphatic rings. The molecule has 0 aliphatic heterocycles. The van der Waals surface area contributed by atoms with Gasteiger partial charge in [0.15, 0.2) is 0 Å². The van der Waals surface area contributed by atoms with E-state index in [1.54, 1.807) is 11.8 Å². The molecule has 2 aromatic rings. The van der Waals surface area contributed by atoms with Crippen molar-refractivity contribution in [1.29, 1.82) is 0 Å².